The number of sulfonamides is 1. The molecule has 1 fully saturated rings. The lowest BCUT2D eigenvalue weighted by Crippen LogP contribution is -2.25. The molecule has 1 saturated heterocycles. The first-order valence-corrected chi connectivity index (χ1v) is 10.9. The van der Waals surface area contributed by atoms with Crippen molar-refractivity contribution in [2.75, 3.05) is 28.5 Å². The molecule has 0 spiro atoms. The Bertz CT molecular complexity index is 1010. The molecule has 2 aromatic carbocycles. The van der Waals surface area contributed by atoms with Gasteiger partial charge >= 0.3 is 6.09 Å². The molecule has 0 aromatic heterocycles. The van der Waals surface area contributed by atoms with Crippen LogP contribution in [-0.4, -0.2) is 39.3 Å². The Balaban J connectivity index is 1.64. The predicted molar refractivity (Wildman–Crippen MR) is 110 cm³/mol. The molecule has 29 heavy (non-hydrogen) atoms. The van der Waals surface area contributed by atoms with Crippen molar-refractivity contribution in [2.24, 2.45) is 0 Å². The maximum absolute atomic E-state index is 12.5. The molecule has 0 unspecified atom stereocenters. The average molecular weight is 417 g/mol. The van der Waals surface area contributed by atoms with E-state index in [1.807, 2.05) is 24.3 Å². The summed E-state index contributed by atoms with van der Waals surface area (Å²) in [6.07, 6.45) is 0.123. The number of carbonyl (C=O) groups is 2. The van der Waals surface area contributed by atoms with E-state index < -0.39 is 10.0 Å². The maximum Gasteiger partial charge on any atom is 0.414 e. The van der Waals surface area contributed by atoms with Crippen molar-refractivity contribution in [3.63, 3.8) is 0 Å². The molecule has 3 rings (SSSR count). The van der Waals surface area contributed by atoms with E-state index in [0.29, 0.717) is 36.5 Å². The molecule has 0 aliphatic carbocycles. The number of anilines is 2. The van der Waals surface area contributed by atoms with Gasteiger partial charge in [0, 0.05) is 23.5 Å². The molecule has 0 saturated carbocycles. The lowest BCUT2D eigenvalue weighted by molar-refractivity contribution is 0.0951. The Morgan fingerprint density at radius 2 is 1.97 bits per heavy atom. The van der Waals surface area contributed by atoms with E-state index in [1.165, 1.54) is 11.0 Å². The summed E-state index contributed by atoms with van der Waals surface area (Å²) in [6.45, 7) is 2.90. The normalized spacial score (nSPS) is 13.8. The van der Waals surface area contributed by atoms with Gasteiger partial charge in [0.1, 0.15) is 6.61 Å². The van der Waals surface area contributed by atoms with Gasteiger partial charge in [-0.3, -0.25) is 14.4 Å². The summed E-state index contributed by atoms with van der Waals surface area (Å²) in [5.74, 6) is -0.308. The molecule has 1 aliphatic heterocycles. The quantitative estimate of drug-likeness (QED) is 0.687. The molecule has 0 radical (unpaired) electrons. The molecule has 2 amide bonds. The minimum absolute atomic E-state index is 0.0182. The molecular weight excluding hydrogens is 394 g/mol. The third-order valence-corrected chi connectivity index (χ3v) is 5.80. The van der Waals surface area contributed by atoms with E-state index in [1.54, 1.807) is 25.1 Å². The van der Waals surface area contributed by atoms with Gasteiger partial charge in [0.15, 0.2) is 0 Å². The SMILES string of the molecule is CCCS(=O)(=O)Nc1cccc(C(=O)NCc2cccc(N3CCOC3=O)c2)c1. The van der Waals surface area contributed by atoms with Crippen molar-refractivity contribution >= 4 is 33.4 Å². The van der Waals surface area contributed by atoms with Gasteiger partial charge in [-0.1, -0.05) is 25.1 Å². The molecule has 154 valence electrons. The second-order valence-electron chi connectivity index (χ2n) is 6.62. The average Bonchev–Trinajstić information content (AvgIpc) is 3.12. The molecule has 1 heterocycles. The van der Waals surface area contributed by atoms with Crippen molar-refractivity contribution in [1.82, 2.24) is 5.32 Å². The van der Waals surface area contributed by atoms with Crippen LogP contribution in [0.15, 0.2) is 48.5 Å². The zero-order valence-electron chi connectivity index (χ0n) is 16.1. The number of hydrogen-bond donors (Lipinski definition) is 2. The van der Waals surface area contributed by atoms with Crippen LogP contribution in [0, 0.1) is 0 Å². The maximum atomic E-state index is 12.5. The largest absolute Gasteiger partial charge is 0.447 e. The first-order valence-electron chi connectivity index (χ1n) is 9.30. The van der Waals surface area contributed by atoms with E-state index in [2.05, 4.69) is 10.0 Å². The molecule has 2 N–H and O–H groups in total. The number of hydrogen-bond acceptors (Lipinski definition) is 5. The summed E-state index contributed by atoms with van der Waals surface area (Å²) in [5.41, 5.74) is 2.24. The monoisotopic (exact) mass is 417 g/mol. The van der Waals surface area contributed by atoms with Crippen LogP contribution in [0.3, 0.4) is 0 Å². The highest BCUT2D eigenvalue weighted by molar-refractivity contribution is 7.92. The van der Waals surface area contributed by atoms with Gasteiger partial charge in [0.05, 0.1) is 12.3 Å². The molecule has 9 heteroatoms. The standard InChI is InChI=1S/C20H23N3O5S/c1-2-11-29(26,27)22-17-7-4-6-16(13-17)19(24)21-14-15-5-3-8-18(12-15)23-9-10-28-20(23)25/h3-8,12-13,22H,2,9-11,14H2,1H3,(H,21,24). The first kappa shape index (κ1) is 20.7. The summed E-state index contributed by atoms with van der Waals surface area (Å²) in [5, 5.41) is 2.81. The number of benzene rings is 2. The number of nitrogens with zero attached hydrogens (tertiary/aromatic N) is 1. The summed E-state index contributed by atoms with van der Waals surface area (Å²) >= 11 is 0. The lowest BCUT2D eigenvalue weighted by Gasteiger charge is -2.14. The molecule has 0 bridgehead atoms. The topological polar surface area (TPSA) is 105 Å². The highest BCUT2D eigenvalue weighted by Crippen LogP contribution is 2.20. The zero-order valence-corrected chi connectivity index (χ0v) is 16.9. The third kappa shape index (κ3) is 5.47. The van der Waals surface area contributed by atoms with Gasteiger partial charge in [0.25, 0.3) is 5.91 Å². The van der Waals surface area contributed by atoms with Crippen LogP contribution < -0.4 is 14.9 Å². The Morgan fingerprint density at radius 3 is 2.69 bits per heavy atom. The van der Waals surface area contributed by atoms with Crippen molar-refractivity contribution in [3.05, 3.63) is 59.7 Å². The zero-order chi connectivity index (χ0) is 20.9. The number of nitrogens with one attached hydrogen (secondary N) is 2. The smallest absolute Gasteiger partial charge is 0.414 e. The highest BCUT2D eigenvalue weighted by atomic mass is 32.2. The van der Waals surface area contributed by atoms with Gasteiger partial charge < -0.3 is 10.1 Å². The number of amides is 2. The van der Waals surface area contributed by atoms with Crippen LogP contribution in [0.1, 0.15) is 29.3 Å². The van der Waals surface area contributed by atoms with Gasteiger partial charge in [-0.2, -0.15) is 0 Å². The van der Waals surface area contributed by atoms with Gasteiger partial charge in [-0.05, 0) is 42.3 Å². The fourth-order valence-corrected chi connectivity index (χ4v) is 4.10. The molecule has 0 atom stereocenters. The van der Waals surface area contributed by atoms with Crippen LogP contribution in [-0.2, 0) is 21.3 Å². The Labute approximate surface area is 169 Å². The Morgan fingerprint density at radius 1 is 1.17 bits per heavy atom. The molecule has 2 aromatic rings. The summed E-state index contributed by atoms with van der Waals surface area (Å²) in [7, 11) is -3.42. The van der Waals surface area contributed by atoms with E-state index in [4.69, 9.17) is 4.74 Å². The predicted octanol–water partition coefficient (Wildman–Crippen LogP) is 2.72. The summed E-state index contributed by atoms with van der Waals surface area (Å²) in [4.78, 5) is 25.7. The Hall–Kier alpha value is -3.07. The third-order valence-electron chi connectivity index (χ3n) is 4.31. The molecule has 8 nitrogen and oxygen atoms in total. The van der Waals surface area contributed by atoms with E-state index in [-0.39, 0.29) is 24.3 Å². The van der Waals surface area contributed by atoms with Crippen LogP contribution in [0.25, 0.3) is 0 Å². The van der Waals surface area contributed by atoms with Gasteiger partial charge in [0.2, 0.25) is 10.0 Å². The van der Waals surface area contributed by atoms with Crippen LogP contribution in [0.4, 0.5) is 16.2 Å². The van der Waals surface area contributed by atoms with Crippen LogP contribution in [0.2, 0.25) is 0 Å². The Kier molecular flexibility index (Phi) is 6.38. The van der Waals surface area contributed by atoms with E-state index in [9.17, 15) is 18.0 Å². The molecular formula is C20H23N3O5S. The van der Waals surface area contributed by atoms with Crippen LogP contribution in [0.5, 0.6) is 0 Å². The highest BCUT2D eigenvalue weighted by Gasteiger charge is 2.23. The number of ether oxygens (including phenoxy) is 1. The fourth-order valence-electron chi connectivity index (χ4n) is 2.97. The van der Waals surface area contributed by atoms with Crippen molar-refractivity contribution in [2.45, 2.75) is 19.9 Å². The van der Waals surface area contributed by atoms with Crippen molar-refractivity contribution in [1.29, 1.82) is 0 Å². The summed E-state index contributed by atoms with van der Waals surface area (Å²) in [6, 6.07) is 13.6. The van der Waals surface area contributed by atoms with E-state index >= 15 is 0 Å². The second kappa shape index (κ2) is 8.95. The second-order valence-corrected chi connectivity index (χ2v) is 8.46. The van der Waals surface area contributed by atoms with Gasteiger partial charge in [-0.25, -0.2) is 13.2 Å². The van der Waals surface area contributed by atoms with Gasteiger partial charge in [-0.15, -0.1) is 0 Å². The number of cyclic esters (lactones) is 1. The van der Waals surface area contributed by atoms with E-state index in [0.717, 1.165) is 5.56 Å². The number of rotatable bonds is 8. The lowest BCUT2D eigenvalue weighted by atomic mass is 10.1. The number of carbonyl (C=O) groups excluding carboxylic acids is 2. The minimum atomic E-state index is -3.42. The van der Waals surface area contributed by atoms with Crippen molar-refractivity contribution in [3.8, 4) is 0 Å². The van der Waals surface area contributed by atoms with Crippen LogP contribution >= 0.6 is 0 Å². The van der Waals surface area contributed by atoms with Crippen molar-refractivity contribution < 1.29 is 22.7 Å². The first-order chi connectivity index (χ1) is 13.9. The minimum Gasteiger partial charge on any atom is -0.447 e. The molecule has 1 aliphatic rings. The summed E-state index contributed by atoms with van der Waals surface area (Å²) < 4.78 is 31.2. The fraction of sp³-hybridized carbons (Fsp3) is 0.300.